The van der Waals surface area contributed by atoms with Gasteiger partial charge in [0.15, 0.2) is 11.5 Å². The summed E-state index contributed by atoms with van der Waals surface area (Å²) in [6, 6.07) is 9.82. The van der Waals surface area contributed by atoms with Gasteiger partial charge < -0.3 is 14.4 Å². The Morgan fingerprint density at radius 3 is 2.57 bits per heavy atom. The van der Waals surface area contributed by atoms with E-state index in [0.29, 0.717) is 5.39 Å². The quantitative estimate of drug-likeness (QED) is 0.516. The molecule has 1 aromatic carbocycles. The number of aromatic nitrogens is 6. The number of piperazine rings is 1. The Morgan fingerprint density at radius 1 is 0.964 bits per heavy atom. The highest BCUT2D eigenvalue weighted by Gasteiger charge is 2.20. The van der Waals surface area contributed by atoms with Crippen molar-refractivity contribution in [3.8, 4) is 0 Å². The average Bonchev–Trinajstić information content (AvgIpc) is 3.11. The zero-order valence-corrected chi connectivity index (χ0v) is 15.8. The molecular formula is C19H20N8O. The molecule has 0 unspecified atom stereocenters. The highest BCUT2D eigenvalue weighted by atomic mass is 16.1. The van der Waals surface area contributed by atoms with Crippen LogP contribution in [0.3, 0.4) is 0 Å². The maximum atomic E-state index is 12.2. The van der Waals surface area contributed by atoms with Crippen molar-refractivity contribution in [2.45, 2.75) is 6.92 Å². The molecule has 28 heavy (non-hydrogen) atoms. The van der Waals surface area contributed by atoms with Crippen molar-refractivity contribution in [2.24, 2.45) is 7.05 Å². The molecule has 5 rings (SSSR count). The van der Waals surface area contributed by atoms with Gasteiger partial charge in [0.05, 0.1) is 17.2 Å². The SMILES string of the molecule is Cc1nnc2ccc(N3CCN(c4ccc5c(=O)n(C)cnc5c4)CC3)nn12. The highest BCUT2D eigenvalue weighted by Crippen LogP contribution is 2.22. The Balaban J connectivity index is 1.36. The van der Waals surface area contributed by atoms with Gasteiger partial charge >= 0.3 is 0 Å². The molecule has 3 aromatic heterocycles. The molecule has 142 valence electrons. The second kappa shape index (κ2) is 6.29. The molecule has 9 nitrogen and oxygen atoms in total. The molecule has 0 saturated carbocycles. The zero-order chi connectivity index (χ0) is 19.3. The van der Waals surface area contributed by atoms with Gasteiger partial charge in [-0.2, -0.15) is 4.52 Å². The second-order valence-electron chi connectivity index (χ2n) is 7.04. The molecule has 4 heterocycles. The number of nitrogens with zero attached hydrogens (tertiary/aromatic N) is 8. The third kappa shape index (κ3) is 2.67. The van der Waals surface area contributed by atoms with Crippen LogP contribution in [0, 0.1) is 6.92 Å². The Kier molecular flexibility index (Phi) is 3.75. The summed E-state index contributed by atoms with van der Waals surface area (Å²) in [4.78, 5) is 21.2. The summed E-state index contributed by atoms with van der Waals surface area (Å²) in [5.41, 5.74) is 2.56. The van der Waals surface area contributed by atoms with Gasteiger partial charge in [0.25, 0.3) is 5.56 Å². The van der Waals surface area contributed by atoms with Gasteiger partial charge in [0.1, 0.15) is 5.82 Å². The molecule has 0 radical (unpaired) electrons. The highest BCUT2D eigenvalue weighted by molar-refractivity contribution is 5.81. The normalized spacial score (nSPS) is 14.9. The third-order valence-electron chi connectivity index (χ3n) is 5.28. The lowest BCUT2D eigenvalue weighted by atomic mass is 10.2. The molecule has 0 bridgehead atoms. The summed E-state index contributed by atoms with van der Waals surface area (Å²) >= 11 is 0. The molecule has 1 aliphatic heterocycles. The molecule has 9 heteroatoms. The van der Waals surface area contributed by atoms with E-state index in [9.17, 15) is 4.79 Å². The van der Waals surface area contributed by atoms with E-state index in [0.717, 1.165) is 54.7 Å². The lowest BCUT2D eigenvalue weighted by molar-refractivity contribution is 0.641. The van der Waals surface area contributed by atoms with Crippen molar-refractivity contribution >= 4 is 28.1 Å². The van der Waals surface area contributed by atoms with Gasteiger partial charge in [-0.25, -0.2) is 4.98 Å². The minimum atomic E-state index is -0.0212. The Labute approximate surface area is 160 Å². The van der Waals surface area contributed by atoms with E-state index in [1.165, 1.54) is 4.57 Å². The summed E-state index contributed by atoms with van der Waals surface area (Å²) in [6.07, 6.45) is 1.57. The summed E-state index contributed by atoms with van der Waals surface area (Å²) < 4.78 is 3.28. The van der Waals surface area contributed by atoms with Crippen LogP contribution in [0.15, 0.2) is 41.5 Å². The minimum Gasteiger partial charge on any atom is -0.368 e. The Bertz CT molecular complexity index is 1240. The van der Waals surface area contributed by atoms with E-state index in [4.69, 9.17) is 0 Å². The topological polar surface area (TPSA) is 84.5 Å². The van der Waals surface area contributed by atoms with Gasteiger partial charge in [-0.15, -0.1) is 15.3 Å². The molecule has 0 amide bonds. The van der Waals surface area contributed by atoms with E-state index < -0.39 is 0 Å². The van der Waals surface area contributed by atoms with Crippen molar-refractivity contribution in [1.82, 2.24) is 29.4 Å². The first-order chi connectivity index (χ1) is 13.6. The fourth-order valence-corrected chi connectivity index (χ4v) is 3.64. The predicted octanol–water partition coefficient (Wildman–Crippen LogP) is 1.01. The largest absolute Gasteiger partial charge is 0.368 e. The number of rotatable bonds is 2. The standard InChI is InChI=1S/C19H20N8O/c1-13-21-22-17-5-6-18(23-27(13)17)26-9-7-25(8-10-26)14-3-4-15-16(11-14)20-12-24(2)19(15)28/h3-6,11-12H,7-10H2,1-2H3. The average molecular weight is 376 g/mol. The monoisotopic (exact) mass is 376 g/mol. The van der Waals surface area contributed by atoms with Crippen molar-refractivity contribution in [3.63, 3.8) is 0 Å². The van der Waals surface area contributed by atoms with Crippen LogP contribution in [-0.2, 0) is 7.05 Å². The first-order valence-electron chi connectivity index (χ1n) is 9.24. The van der Waals surface area contributed by atoms with Gasteiger partial charge in [0.2, 0.25) is 0 Å². The fourth-order valence-electron chi connectivity index (χ4n) is 3.64. The van der Waals surface area contributed by atoms with Crippen LogP contribution in [0.4, 0.5) is 11.5 Å². The molecule has 4 aromatic rings. The molecule has 1 fully saturated rings. The molecular weight excluding hydrogens is 356 g/mol. The summed E-state index contributed by atoms with van der Waals surface area (Å²) in [6.45, 7) is 5.37. The van der Waals surface area contributed by atoms with Gasteiger partial charge in [-0.05, 0) is 37.3 Å². The summed E-state index contributed by atoms with van der Waals surface area (Å²) in [7, 11) is 1.72. The van der Waals surface area contributed by atoms with E-state index in [-0.39, 0.29) is 5.56 Å². The maximum absolute atomic E-state index is 12.2. The van der Waals surface area contributed by atoms with Gasteiger partial charge in [0, 0.05) is 38.9 Å². The third-order valence-corrected chi connectivity index (χ3v) is 5.28. The molecule has 0 N–H and O–H groups in total. The predicted molar refractivity (Wildman–Crippen MR) is 107 cm³/mol. The lowest BCUT2D eigenvalue weighted by Gasteiger charge is -2.36. The van der Waals surface area contributed by atoms with Crippen LogP contribution in [0.1, 0.15) is 5.82 Å². The van der Waals surface area contributed by atoms with Crippen molar-refractivity contribution in [1.29, 1.82) is 0 Å². The molecule has 0 spiro atoms. The van der Waals surface area contributed by atoms with Crippen molar-refractivity contribution in [2.75, 3.05) is 36.0 Å². The lowest BCUT2D eigenvalue weighted by Crippen LogP contribution is -2.47. The summed E-state index contributed by atoms with van der Waals surface area (Å²) in [5, 5.41) is 13.5. The number of aryl methyl sites for hydroxylation is 2. The van der Waals surface area contributed by atoms with Crippen molar-refractivity contribution < 1.29 is 0 Å². The molecule has 0 aliphatic carbocycles. The van der Waals surface area contributed by atoms with E-state index >= 15 is 0 Å². The van der Waals surface area contributed by atoms with E-state index in [2.05, 4.69) is 30.1 Å². The van der Waals surface area contributed by atoms with Crippen LogP contribution in [0.5, 0.6) is 0 Å². The Hall–Kier alpha value is -3.49. The smallest absolute Gasteiger partial charge is 0.260 e. The van der Waals surface area contributed by atoms with Crippen LogP contribution in [0.25, 0.3) is 16.6 Å². The molecule has 1 aliphatic rings. The number of hydrogen-bond donors (Lipinski definition) is 0. The second-order valence-corrected chi connectivity index (χ2v) is 7.04. The molecule has 1 saturated heterocycles. The number of anilines is 2. The van der Waals surface area contributed by atoms with Crippen LogP contribution >= 0.6 is 0 Å². The van der Waals surface area contributed by atoms with Gasteiger partial charge in [-0.3, -0.25) is 4.79 Å². The van der Waals surface area contributed by atoms with Crippen LogP contribution < -0.4 is 15.4 Å². The van der Waals surface area contributed by atoms with Crippen LogP contribution in [-0.4, -0.2) is 55.5 Å². The Morgan fingerprint density at radius 2 is 1.75 bits per heavy atom. The number of benzene rings is 1. The minimum absolute atomic E-state index is 0.0212. The van der Waals surface area contributed by atoms with Crippen molar-refractivity contribution in [3.05, 3.63) is 52.8 Å². The first-order valence-corrected chi connectivity index (χ1v) is 9.24. The van der Waals surface area contributed by atoms with E-state index in [1.54, 1.807) is 17.9 Å². The first kappa shape index (κ1) is 16.7. The van der Waals surface area contributed by atoms with Crippen LogP contribution in [0.2, 0.25) is 0 Å². The number of hydrogen-bond acceptors (Lipinski definition) is 7. The fraction of sp³-hybridized carbons (Fsp3) is 0.316. The zero-order valence-electron chi connectivity index (χ0n) is 15.8. The summed E-state index contributed by atoms with van der Waals surface area (Å²) in [5.74, 6) is 1.71. The number of fused-ring (bicyclic) bond motifs is 2. The van der Waals surface area contributed by atoms with E-state index in [1.807, 2.05) is 37.3 Å². The maximum Gasteiger partial charge on any atom is 0.260 e. The molecule has 0 atom stereocenters. The van der Waals surface area contributed by atoms with Gasteiger partial charge in [-0.1, -0.05) is 0 Å².